The lowest BCUT2D eigenvalue weighted by molar-refractivity contribution is -0.703. The number of rotatable bonds is 4. The van der Waals surface area contributed by atoms with E-state index >= 15 is 0 Å². The summed E-state index contributed by atoms with van der Waals surface area (Å²) in [5.41, 5.74) is 2.58. The summed E-state index contributed by atoms with van der Waals surface area (Å²) in [6.45, 7) is 18.9. The van der Waals surface area contributed by atoms with Crippen LogP contribution in [-0.2, 0) is 22.8 Å². The van der Waals surface area contributed by atoms with E-state index in [2.05, 4.69) is 111 Å². The number of H-pyrrole nitrogens is 1. The van der Waals surface area contributed by atoms with Gasteiger partial charge in [0.25, 0.3) is 6.33 Å². The number of hydrogen-bond donors (Lipinski definition) is 1. The van der Waals surface area contributed by atoms with E-state index in [1.54, 1.807) is 0 Å². The predicted octanol–water partition coefficient (Wildman–Crippen LogP) is 5.12. The number of aromatic nitrogens is 4. The number of thiophene rings is 1. The Bertz CT molecular complexity index is 899. The van der Waals surface area contributed by atoms with Gasteiger partial charge in [-0.3, -0.25) is 5.10 Å². The van der Waals surface area contributed by atoms with Crippen molar-refractivity contribution < 1.29 is 4.57 Å². The lowest BCUT2D eigenvalue weighted by Gasteiger charge is -2.20. The molecular weight excluding hydrogens is 352 g/mol. The Hall–Kier alpha value is -1.88. The Morgan fingerprint density at radius 1 is 1.07 bits per heavy atom. The average Bonchev–Trinajstić information content (AvgIpc) is 3.25. The molecule has 0 saturated heterocycles. The van der Waals surface area contributed by atoms with Crippen molar-refractivity contribution >= 4 is 11.3 Å². The van der Waals surface area contributed by atoms with Gasteiger partial charge >= 0.3 is 0 Å². The molecule has 0 aliphatic rings. The fourth-order valence-corrected chi connectivity index (χ4v) is 4.15. The highest BCUT2D eigenvalue weighted by molar-refractivity contribution is 7.10. The average molecular weight is 386 g/mol. The third-order valence-electron chi connectivity index (χ3n) is 4.97. The first kappa shape index (κ1) is 19.9. The Morgan fingerprint density at radius 3 is 2.30 bits per heavy atom. The van der Waals surface area contributed by atoms with Crippen LogP contribution in [0.1, 0.15) is 71.7 Å². The second-order valence-corrected chi connectivity index (χ2v) is 11.1. The number of nitrogens with zero attached hydrogens (tertiary/aromatic N) is 3. The zero-order valence-electron chi connectivity index (χ0n) is 17.9. The van der Waals surface area contributed by atoms with Crippen LogP contribution in [-0.4, -0.2) is 14.8 Å². The molecule has 0 unspecified atom stereocenters. The number of imidazole rings is 1. The largest absolute Gasteiger partial charge is 0.278 e. The van der Waals surface area contributed by atoms with Crippen molar-refractivity contribution in [3.8, 4) is 5.82 Å². The van der Waals surface area contributed by atoms with Crippen LogP contribution in [0.4, 0.5) is 0 Å². The van der Waals surface area contributed by atoms with Gasteiger partial charge in [-0.05, 0) is 11.4 Å². The maximum Gasteiger partial charge on any atom is 0.250 e. The highest BCUT2D eigenvalue weighted by Gasteiger charge is 2.32. The third-order valence-corrected chi connectivity index (χ3v) is 6.20. The molecule has 3 heterocycles. The van der Waals surface area contributed by atoms with Crippen molar-refractivity contribution in [2.45, 2.75) is 78.2 Å². The van der Waals surface area contributed by atoms with Crippen LogP contribution in [0, 0.1) is 0 Å². The molecule has 0 aliphatic carbocycles. The molecule has 3 rings (SSSR count). The Kier molecular flexibility index (Phi) is 4.87. The van der Waals surface area contributed by atoms with Gasteiger partial charge in [-0.2, -0.15) is 4.57 Å². The minimum Gasteiger partial charge on any atom is -0.278 e. The molecule has 27 heavy (non-hydrogen) atoms. The van der Waals surface area contributed by atoms with Crippen molar-refractivity contribution in [1.82, 2.24) is 14.8 Å². The van der Waals surface area contributed by atoms with Crippen LogP contribution in [0.2, 0.25) is 0 Å². The molecule has 3 aromatic rings. The smallest absolute Gasteiger partial charge is 0.250 e. The van der Waals surface area contributed by atoms with E-state index in [0.29, 0.717) is 0 Å². The van der Waals surface area contributed by atoms with E-state index in [4.69, 9.17) is 0 Å². The molecule has 0 aromatic carbocycles. The van der Waals surface area contributed by atoms with Crippen molar-refractivity contribution in [2.24, 2.45) is 0 Å². The molecule has 0 fully saturated rings. The molecule has 3 aromatic heterocycles. The normalized spacial score (nSPS) is 13.3. The van der Waals surface area contributed by atoms with Crippen LogP contribution in [0.15, 0.2) is 36.1 Å². The summed E-state index contributed by atoms with van der Waals surface area (Å²) in [6, 6.07) is 6.54. The summed E-state index contributed by atoms with van der Waals surface area (Å²) in [4.78, 5) is 1.41. The van der Waals surface area contributed by atoms with E-state index in [9.17, 15) is 0 Å². The molecule has 0 spiro atoms. The van der Waals surface area contributed by atoms with Crippen LogP contribution in [0.25, 0.3) is 5.82 Å². The minimum atomic E-state index is 0.0270. The van der Waals surface area contributed by atoms with Crippen LogP contribution in [0.3, 0.4) is 0 Å². The molecule has 146 valence electrons. The third kappa shape index (κ3) is 4.18. The first-order chi connectivity index (χ1) is 12.4. The topological polar surface area (TPSA) is 37.5 Å². The predicted molar refractivity (Wildman–Crippen MR) is 113 cm³/mol. The van der Waals surface area contributed by atoms with Crippen molar-refractivity contribution in [3.05, 3.63) is 52.4 Å². The zero-order valence-corrected chi connectivity index (χ0v) is 18.7. The lowest BCUT2D eigenvalue weighted by atomic mass is 9.91. The quantitative estimate of drug-likeness (QED) is 0.622. The van der Waals surface area contributed by atoms with E-state index in [1.807, 2.05) is 11.3 Å². The number of nitrogens with one attached hydrogen (secondary N) is 1. The SMILES string of the molecule is CC(C)(C)c1cc(-n2c[n+](CC(C)(C)c3cccs3)cc2C(C)(C)C)n[nH]1. The van der Waals surface area contributed by atoms with Gasteiger partial charge in [0.2, 0.25) is 5.82 Å². The number of aromatic amines is 1. The standard InChI is InChI=1S/C22H33N4S/c1-20(2,3)16-12-19(24-23-16)26-15-25(13-17(26)21(4,5)6)14-22(7,8)18-10-9-11-27-18/h9-13,15H,14H2,1-8H3,(H,23,24)/q+1. The first-order valence-corrected chi connectivity index (χ1v) is 10.5. The van der Waals surface area contributed by atoms with E-state index in [1.165, 1.54) is 10.6 Å². The zero-order chi connectivity index (χ0) is 20.0. The summed E-state index contributed by atoms with van der Waals surface area (Å²) in [5.74, 6) is 0.956. The minimum absolute atomic E-state index is 0.0270. The molecule has 0 saturated carbocycles. The van der Waals surface area contributed by atoms with E-state index in [-0.39, 0.29) is 16.2 Å². The maximum atomic E-state index is 4.61. The van der Waals surface area contributed by atoms with E-state index in [0.717, 1.165) is 18.1 Å². The summed E-state index contributed by atoms with van der Waals surface area (Å²) in [5, 5.41) is 10.00. The van der Waals surface area contributed by atoms with Gasteiger partial charge in [-0.15, -0.1) is 16.4 Å². The van der Waals surface area contributed by atoms with Crippen molar-refractivity contribution in [3.63, 3.8) is 0 Å². The summed E-state index contributed by atoms with van der Waals surface area (Å²) in [7, 11) is 0. The molecule has 0 atom stereocenters. The van der Waals surface area contributed by atoms with Gasteiger partial charge in [0.1, 0.15) is 6.20 Å². The van der Waals surface area contributed by atoms with E-state index < -0.39 is 0 Å². The Labute approximate surface area is 167 Å². The van der Waals surface area contributed by atoms with Gasteiger partial charge in [0.15, 0.2) is 5.69 Å². The monoisotopic (exact) mass is 385 g/mol. The second kappa shape index (κ2) is 6.62. The highest BCUT2D eigenvalue weighted by atomic mass is 32.1. The highest BCUT2D eigenvalue weighted by Crippen LogP contribution is 2.29. The summed E-state index contributed by atoms with van der Waals surface area (Å²) < 4.78 is 4.54. The fourth-order valence-electron chi connectivity index (χ4n) is 3.30. The molecule has 0 radical (unpaired) electrons. The maximum absolute atomic E-state index is 4.61. The molecule has 4 nitrogen and oxygen atoms in total. The van der Waals surface area contributed by atoms with Crippen LogP contribution < -0.4 is 4.57 Å². The van der Waals surface area contributed by atoms with Crippen molar-refractivity contribution in [1.29, 1.82) is 0 Å². The van der Waals surface area contributed by atoms with Gasteiger partial charge in [0, 0.05) is 32.9 Å². The molecular formula is C22H33N4S+. The molecule has 0 bridgehead atoms. The molecule has 0 amide bonds. The van der Waals surface area contributed by atoms with Crippen LogP contribution >= 0.6 is 11.3 Å². The Balaban J connectivity index is 2.01. The first-order valence-electron chi connectivity index (χ1n) is 9.60. The van der Waals surface area contributed by atoms with Crippen molar-refractivity contribution in [2.75, 3.05) is 0 Å². The Morgan fingerprint density at radius 2 is 1.78 bits per heavy atom. The lowest BCUT2D eigenvalue weighted by Crippen LogP contribution is -2.41. The summed E-state index contributed by atoms with van der Waals surface area (Å²) in [6.07, 6.45) is 4.47. The second-order valence-electron chi connectivity index (χ2n) is 10.2. The van der Waals surface area contributed by atoms with Gasteiger partial charge < -0.3 is 0 Å². The molecule has 5 heteroatoms. The van der Waals surface area contributed by atoms with Gasteiger partial charge in [0.05, 0.1) is 6.54 Å². The number of hydrogen-bond acceptors (Lipinski definition) is 2. The molecule has 0 aliphatic heterocycles. The van der Waals surface area contributed by atoms with Gasteiger partial charge in [-0.1, -0.05) is 61.5 Å². The fraction of sp³-hybridized carbons (Fsp3) is 0.545. The molecule has 1 N–H and O–H groups in total. The van der Waals surface area contributed by atoms with Gasteiger partial charge in [-0.25, -0.2) is 4.57 Å². The summed E-state index contributed by atoms with van der Waals surface area (Å²) >= 11 is 1.83. The van der Waals surface area contributed by atoms with Crippen LogP contribution in [0.5, 0.6) is 0 Å².